The van der Waals surface area contributed by atoms with Crippen molar-refractivity contribution in [3.8, 4) is 11.5 Å². The van der Waals surface area contributed by atoms with E-state index in [1.807, 2.05) is 17.0 Å². The van der Waals surface area contributed by atoms with Crippen molar-refractivity contribution < 1.29 is 19.4 Å². The molecule has 0 spiro atoms. The highest BCUT2D eigenvalue weighted by Gasteiger charge is 2.45. The number of hydrogen-bond acceptors (Lipinski definition) is 4. The lowest BCUT2D eigenvalue weighted by atomic mass is 9.68. The van der Waals surface area contributed by atoms with E-state index in [1.165, 1.54) is 11.1 Å². The summed E-state index contributed by atoms with van der Waals surface area (Å²) in [4.78, 5) is 14.7. The van der Waals surface area contributed by atoms with Gasteiger partial charge in [0.2, 0.25) is 5.91 Å². The Balaban J connectivity index is 1.78. The van der Waals surface area contributed by atoms with Crippen LogP contribution in [0.25, 0.3) is 0 Å². The van der Waals surface area contributed by atoms with Gasteiger partial charge in [0.15, 0.2) is 11.5 Å². The molecule has 1 heterocycles. The fourth-order valence-corrected chi connectivity index (χ4v) is 3.63. The van der Waals surface area contributed by atoms with Gasteiger partial charge in [-0.2, -0.15) is 0 Å². The molecule has 0 atom stereocenters. The lowest BCUT2D eigenvalue weighted by molar-refractivity contribution is -0.150. The second-order valence-electron chi connectivity index (χ2n) is 6.56. The molecule has 0 saturated heterocycles. The van der Waals surface area contributed by atoms with Crippen LogP contribution in [-0.4, -0.2) is 49.8 Å². The van der Waals surface area contributed by atoms with E-state index in [4.69, 9.17) is 9.47 Å². The van der Waals surface area contributed by atoms with Crippen LogP contribution in [0.2, 0.25) is 0 Å². The van der Waals surface area contributed by atoms with Gasteiger partial charge in [0.1, 0.15) is 0 Å². The van der Waals surface area contributed by atoms with Crippen LogP contribution in [-0.2, 0) is 17.6 Å². The predicted molar refractivity (Wildman–Crippen MR) is 86.9 cm³/mol. The Hall–Kier alpha value is -1.75. The molecule has 5 nitrogen and oxygen atoms in total. The largest absolute Gasteiger partial charge is 0.493 e. The molecule has 0 bridgehead atoms. The van der Waals surface area contributed by atoms with Gasteiger partial charge in [-0.1, -0.05) is 6.42 Å². The molecule has 5 heteroatoms. The van der Waals surface area contributed by atoms with Gasteiger partial charge in [-0.3, -0.25) is 4.79 Å². The normalized spacial score (nSPS) is 19.3. The van der Waals surface area contributed by atoms with Gasteiger partial charge in [0, 0.05) is 13.1 Å². The van der Waals surface area contributed by atoms with E-state index < -0.39 is 5.41 Å². The molecule has 1 aromatic rings. The zero-order chi connectivity index (χ0) is 16.4. The number of amides is 1. The lowest BCUT2D eigenvalue weighted by Crippen LogP contribution is -2.50. The smallest absolute Gasteiger partial charge is 0.231 e. The van der Waals surface area contributed by atoms with Crippen molar-refractivity contribution in [3.63, 3.8) is 0 Å². The number of fused-ring (bicyclic) bond motifs is 1. The maximum absolute atomic E-state index is 12.8. The monoisotopic (exact) mass is 319 g/mol. The minimum Gasteiger partial charge on any atom is -0.493 e. The number of rotatable bonds is 4. The van der Waals surface area contributed by atoms with Crippen molar-refractivity contribution in [2.75, 3.05) is 33.9 Å². The zero-order valence-corrected chi connectivity index (χ0v) is 13.9. The highest BCUT2D eigenvalue weighted by atomic mass is 16.5. The standard InChI is InChI=1S/C18H25NO4/c1-22-15-10-13-4-8-19(9-5-14(13)11-16(15)23-2)17(21)18(12-20)6-3-7-18/h10-11,20H,3-9,12H2,1-2H3. The molecule has 1 N–H and O–H groups in total. The van der Waals surface area contributed by atoms with Crippen LogP contribution in [0.15, 0.2) is 12.1 Å². The van der Waals surface area contributed by atoms with E-state index in [0.29, 0.717) is 13.1 Å². The van der Waals surface area contributed by atoms with E-state index in [0.717, 1.165) is 43.6 Å². The SMILES string of the molecule is COc1cc2c(cc1OC)CCN(C(=O)C1(CO)CCC1)CC2. The average molecular weight is 319 g/mol. The van der Waals surface area contributed by atoms with Crippen LogP contribution in [0.1, 0.15) is 30.4 Å². The average Bonchev–Trinajstić information content (AvgIpc) is 2.74. The van der Waals surface area contributed by atoms with Gasteiger partial charge >= 0.3 is 0 Å². The fraction of sp³-hybridized carbons (Fsp3) is 0.611. The lowest BCUT2D eigenvalue weighted by Gasteiger charge is -2.42. The highest BCUT2D eigenvalue weighted by molar-refractivity contribution is 5.84. The molecule has 2 aliphatic rings. The molecule has 0 aromatic heterocycles. The summed E-state index contributed by atoms with van der Waals surface area (Å²) in [5, 5.41) is 9.64. The Bertz CT molecular complexity index is 554. The van der Waals surface area contributed by atoms with Crippen LogP contribution < -0.4 is 9.47 Å². The van der Waals surface area contributed by atoms with Crippen LogP contribution in [0.4, 0.5) is 0 Å². The van der Waals surface area contributed by atoms with Gasteiger partial charge < -0.3 is 19.5 Å². The zero-order valence-electron chi connectivity index (χ0n) is 13.9. The summed E-state index contributed by atoms with van der Waals surface area (Å²) in [6.45, 7) is 1.36. The first kappa shape index (κ1) is 16.1. The van der Waals surface area contributed by atoms with E-state index in [2.05, 4.69) is 0 Å². The summed E-state index contributed by atoms with van der Waals surface area (Å²) < 4.78 is 10.8. The molecule has 1 amide bonds. The summed E-state index contributed by atoms with van der Waals surface area (Å²) in [5.41, 5.74) is 1.92. The third kappa shape index (κ3) is 2.78. The minimum atomic E-state index is -0.508. The van der Waals surface area contributed by atoms with Crippen molar-refractivity contribution in [3.05, 3.63) is 23.3 Å². The number of carbonyl (C=O) groups is 1. The van der Waals surface area contributed by atoms with Crippen molar-refractivity contribution in [2.24, 2.45) is 5.41 Å². The number of benzene rings is 1. The first-order chi connectivity index (χ1) is 11.1. The maximum Gasteiger partial charge on any atom is 0.231 e. The molecule has 3 rings (SSSR count). The third-order valence-corrected chi connectivity index (χ3v) is 5.36. The fourth-order valence-electron chi connectivity index (χ4n) is 3.63. The number of carbonyl (C=O) groups excluding carboxylic acids is 1. The minimum absolute atomic E-state index is 0.0308. The predicted octanol–water partition coefficient (Wildman–Crippen LogP) is 1.79. The van der Waals surface area contributed by atoms with Crippen LogP contribution in [0.5, 0.6) is 11.5 Å². The highest BCUT2D eigenvalue weighted by Crippen LogP contribution is 2.42. The Morgan fingerprint density at radius 2 is 1.65 bits per heavy atom. The van der Waals surface area contributed by atoms with Crippen molar-refractivity contribution in [1.29, 1.82) is 0 Å². The summed E-state index contributed by atoms with van der Waals surface area (Å²) in [7, 11) is 3.27. The number of nitrogens with zero attached hydrogens (tertiary/aromatic N) is 1. The molecule has 126 valence electrons. The molecule has 1 fully saturated rings. The molecule has 1 aliphatic carbocycles. The van der Waals surface area contributed by atoms with Gasteiger partial charge in [-0.15, -0.1) is 0 Å². The van der Waals surface area contributed by atoms with E-state index in [-0.39, 0.29) is 12.5 Å². The maximum atomic E-state index is 12.8. The van der Waals surface area contributed by atoms with Crippen LogP contribution in [0.3, 0.4) is 0 Å². The third-order valence-electron chi connectivity index (χ3n) is 5.36. The topological polar surface area (TPSA) is 59.0 Å². The summed E-state index contributed by atoms with van der Waals surface area (Å²) >= 11 is 0. The molecule has 0 radical (unpaired) electrons. The molecule has 0 unspecified atom stereocenters. The number of aliphatic hydroxyl groups is 1. The first-order valence-electron chi connectivity index (χ1n) is 8.27. The molecule has 1 aromatic carbocycles. The molecular weight excluding hydrogens is 294 g/mol. The van der Waals surface area contributed by atoms with Crippen molar-refractivity contribution in [2.45, 2.75) is 32.1 Å². The number of hydrogen-bond donors (Lipinski definition) is 1. The van der Waals surface area contributed by atoms with E-state index in [1.54, 1.807) is 14.2 Å². The first-order valence-corrected chi connectivity index (χ1v) is 8.27. The van der Waals surface area contributed by atoms with E-state index >= 15 is 0 Å². The number of ether oxygens (including phenoxy) is 2. The van der Waals surface area contributed by atoms with Crippen LogP contribution >= 0.6 is 0 Å². The van der Waals surface area contributed by atoms with Gasteiger partial charge in [0.25, 0.3) is 0 Å². The Kier molecular flexibility index (Phi) is 4.48. The van der Waals surface area contributed by atoms with Crippen molar-refractivity contribution in [1.82, 2.24) is 4.90 Å². The second-order valence-corrected chi connectivity index (χ2v) is 6.56. The number of aliphatic hydroxyl groups excluding tert-OH is 1. The second kappa shape index (κ2) is 6.40. The molecule has 1 saturated carbocycles. The van der Waals surface area contributed by atoms with Crippen LogP contribution in [0, 0.1) is 5.41 Å². The molecular formula is C18H25NO4. The summed E-state index contributed by atoms with van der Waals surface area (Å²) in [6, 6.07) is 4.04. The molecule has 1 aliphatic heterocycles. The Morgan fingerprint density at radius 3 is 2.00 bits per heavy atom. The number of methoxy groups -OCH3 is 2. The quantitative estimate of drug-likeness (QED) is 0.919. The van der Waals surface area contributed by atoms with Gasteiger partial charge in [-0.25, -0.2) is 0 Å². The van der Waals surface area contributed by atoms with E-state index in [9.17, 15) is 9.90 Å². The van der Waals surface area contributed by atoms with Gasteiger partial charge in [0.05, 0.1) is 26.2 Å². The molecule has 23 heavy (non-hydrogen) atoms. The van der Waals surface area contributed by atoms with Crippen molar-refractivity contribution >= 4 is 5.91 Å². The summed E-state index contributed by atoms with van der Waals surface area (Å²) in [5.74, 6) is 1.59. The Labute approximate surface area is 137 Å². The van der Waals surface area contributed by atoms with Gasteiger partial charge in [-0.05, 0) is 48.9 Å². The summed E-state index contributed by atoms with van der Waals surface area (Å²) in [6.07, 6.45) is 4.28. The Morgan fingerprint density at radius 1 is 1.13 bits per heavy atom.